The van der Waals surface area contributed by atoms with E-state index >= 15 is 0 Å². The zero-order valence-corrected chi connectivity index (χ0v) is 8.51. The number of anilines is 2. The molecule has 0 spiro atoms. The van der Waals surface area contributed by atoms with Gasteiger partial charge in [0.1, 0.15) is 5.82 Å². The molecule has 2 aromatic rings. The Bertz CT molecular complexity index is 385. The Labute approximate surface area is 88.2 Å². The molecule has 0 amide bonds. The second-order valence-electron chi connectivity index (χ2n) is 2.78. The standard InChI is InChI=1S/C9H10N4.ClH/c1-7-6-9(13-12-7)11-8-4-2-3-5-10-8;/h2-6H,1H3,(H2,10,11,12,13);1H. The van der Waals surface area contributed by atoms with Crippen LogP contribution in [-0.4, -0.2) is 15.2 Å². The van der Waals surface area contributed by atoms with Crippen LogP contribution < -0.4 is 5.32 Å². The lowest BCUT2D eigenvalue weighted by molar-refractivity contribution is 1.05. The molecule has 74 valence electrons. The van der Waals surface area contributed by atoms with Gasteiger partial charge in [0.2, 0.25) is 0 Å². The number of hydrogen-bond acceptors (Lipinski definition) is 3. The number of rotatable bonds is 2. The van der Waals surface area contributed by atoms with Crippen molar-refractivity contribution in [3.8, 4) is 0 Å². The summed E-state index contributed by atoms with van der Waals surface area (Å²) in [4.78, 5) is 4.12. The summed E-state index contributed by atoms with van der Waals surface area (Å²) in [5.74, 6) is 1.59. The Morgan fingerprint density at radius 3 is 2.71 bits per heavy atom. The Balaban J connectivity index is 0.000000980. The molecule has 0 radical (unpaired) electrons. The molecule has 2 N–H and O–H groups in total. The third kappa shape index (κ3) is 2.47. The highest BCUT2D eigenvalue weighted by atomic mass is 35.5. The number of halogens is 1. The van der Waals surface area contributed by atoms with Crippen LogP contribution >= 0.6 is 12.4 Å². The minimum absolute atomic E-state index is 0. The van der Waals surface area contributed by atoms with Gasteiger partial charge in [-0.15, -0.1) is 12.4 Å². The lowest BCUT2D eigenvalue weighted by atomic mass is 10.4. The van der Waals surface area contributed by atoms with E-state index in [-0.39, 0.29) is 12.4 Å². The quantitative estimate of drug-likeness (QED) is 0.800. The summed E-state index contributed by atoms with van der Waals surface area (Å²) < 4.78 is 0. The van der Waals surface area contributed by atoms with Crippen molar-refractivity contribution in [3.63, 3.8) is 0 Å². The normalized spacial score (nSPS) is 9.21. The van der Waals surface area contributed by atoms with Gasteiger partial charge in [0.25, 0.3) is 0 Å². The van der Waals surface area contributed by atoms with Crippen molar-refractivity contribution in [2.24, 2.45) is 0 Å². The molecule has 0 fully saturated rings. The predicted molar refractivity (Wildman–Crippen MR) is 58.1 cm³/mol. The van der Waals surface area contributed by atoms with Crippen molar-refractivity contribution >= 4 is 24.0 Å². The monoisotopic (exact) mass is 210 g/mol. The fraction of sp³-hybridized carbons (Fsp3) is 0.111. The number of H-pyrrole nitrogens is 1. The third-order valence-electron chi connectivity index (χ3n) is 1.63. The molecule has 4 nitrogen and oxygen atoms in total. The van der Waals surface area contributed by atoms with Crippen molar-refractivity contribution in [2.75, 3.05) is 5.32 Å². The highest BCUT2D eigenvalue weighted by Gasteiger charge is 1.97. The summed E-state index contributed by atoms with van der Waals surface area (Å²) in [7, 11) is 0. The maximum Gasteiger partial charge on any atom is 0.153 e. The number of hydrogen-bond donors (Lipinski definition) is 2. The van der Waals surface area contributed by atoms with Crippen LogP contribution in [-0.2, 0) is 0 Å². The van der Waals surface area contributed by atoms with Gasteiger partial charge in [-0.05, 0) is 19.1 Å². The molecule has 0 aliphatic carbocycles. The number of aromatic amines is 1. The molecule has 0 aliphatic rings. The Kier molecular flexibility index (Phi) is 3.48. The van der Waals surface area contributed by atoms with Crippen molar-refractivity contribution in [2.45, 2.75) is 6.92 Å². The third-order valence-corrected chi connectivity index (χ3v) is 1.63. The molecular weight excluding hydrogens is 200 g/mol. The minimum atomic E-state index is 0. The van der Waals surface area contributed by atoms with E-state index in [0.717, 1.165) is 17.3 Å². The van der Waals surface area contributed by atoms with E-state index in [0.29, 0.717) is 0 Å². The zero-order chi connectivity index (χ0) is 9.10. The van der Waals surface area contributed by atoms with E-state index in [1.807, 2.05) is 31.2 Å². The van der Waals surface area contributed by atoms with Gasteiger partial charge in [-0.2, -0.15) is 5.10 Å². The topological polar surface area (TPSA) is 53.6 Å². The molecule has 0 saturated carbocycles. The number of nitrogens with zero attached hydrogens (tertiary/aromatic N) is 2. The molecule has 2 rings (SSSR count). The maximum absolute atomic E-state index is 4.12. The van der Waals surface area contributed by atoms with Gasteiger partial charge < -0.3 is 5.32 Å². The van der Waals surface area contributed by atoms with Crippen LogP contribution in [0.4, 0.5) is 11.6 Å². The van der Waals surface area contributed by atoms with Crippen LogP contribution in [0.2, 0.25) is 0 Å². The van der Waals surface area contributed by atoms with Crippen LogP contribution in [0.3, 0.4) is 0 Å². The van der Waals surface area contributed by atoms with Crippen molar-refractivity contribution < 1.29 is 0 Å². The van der Waals surface area contributed by atoms with E-state index in [9.17, 15) is 0 Å². The first kappa shape index (κ1) is 10.5. The highest BCUT2D eigenvalue weighted by molar-refractivity contribution is 5.85. The van der Waals surface area contributed by atoms with Crippen molar-refractivity contribution in [3.05, 3.63) is 36.2 Å². The lowest BCUT2D eigenvalue weighted by Crippen LogP contribution is -1.92. The molecule has 14 heavy (non-hydrogen) atoms. The van der Waals surface area contributed by atoms with E-state index in [1.54, 1.807) is 6.20 Å². The maximum atomic E-state index is 4.12. The van der Waals surface area contributed by atoms with Gasteiger partial charge in [0, 0.05) is 18.0 Å². The zero-order valence-electron chi connectivity index (χ0n) is 7.69. The minimum Gasteiger partial charge on any atom is -0.323 e. The molecule has 0 aromatic carbocycles. The Morgan fingerprint density at radius 2 is 2.14 bits per heavy atom. The summed E-state index contributed by atoms with van der Waals surface area (Å²) >= 11 is 0. The number of nitrogens with one attached hydrogen (secondary N) is 2. The SMILES string of the molecule is Cc1cc(Nc2ccccn2)n[nH]1.Cl. The van der Waals surface area contributed by atoms with Gasteiger partial charge >= 0.3 is 0 Å². The smallest absolute Gasteiger partial charge is 0.153 e. The number of pyridine rings is 1. The largest absolute Gasteiger partial charge is 0.323 e. The molecule has 0 saturated heterocycles. The lowest BCUT2D eigenvalue weighted by Gasteiger charge is -1.98. The summed E-state index contributed by atoms with van der Waals surface area (Å²) in [5, 5.41) is 9.95. The number of aryl methyl sites for hydroxylation is 1. The average molecular weight is 211 g/mol. The second kappa shape index (κ2) is 4.62. The van der Waals surface area contributed by atoms with E-state index in [4.69, 9.17) is 0 Å². The fourth-order valence-electron chi connectivity index (χ4n) is 1.05. The van der Waals surface area contributed by atoms with E-state index in [1.165, 1.54) is 0 Å². The van der Waals surface area contributed by atoms with Gasteiger partial charge in [-0.3, -0.25) is 5.10 Å². The van der Waals surface area contributed by atoms with Crippen molar-refractivity contribution in [1.29, 1.82) is 0 Å². The fourth-order valence-corrected chi connectivity index (χ4v) is 1.05. The molecule has 2 heterocycles. The molecular formula is C9H11ClN4. The summed E-state index contributed by atoms with van der Waals surface area (Å²) in [5.41, 5.74) is 1.03. The molecule has 0 aliphatic heterocycles. The van der Waals surface area contributed by atoms with Gasteiger partial charge in [-0.1, -0.05) is 6.07 Å². The molecule has 2 aromatic heterocycles. The molecule has 0 unspecified atom stereocenters. The molecule has 0 atom stereocenters. The summed E-state index contributed by atoms with van der Waals surface area (Å²) in [6.07, 6.45) is 1.74. The van der Waals surface area contributed by atoms with Crippen LogP contribution in [0, 0.1) is 6.92 Å². The first-order chi connectivity index (χ1) is 6.34. The second-order valence-corrected chi connectivity index (χ2v) is 2.78. The summed E-state index contributed by atoms with van der Waals surface area (Å²) in [6.45, 7) is 1.95. The summed E-state index contributed by atoms with van der Waals surface area (Å²) in [6, 6.07) is 7.62. The molecule has 0 bridgehead atoms. The van der Waals surface area contributed by atoms with Crippen LogP contribution in [0.5, 0.6) is 0 Å². The van der Waals surface area contributed by atoms with Gasteiger partial charge in [0.05, 0.1) is 0 Å². The Morgan fingerprint density at radius 1 is 1.29 bits per heavy atom. The average Bonchev–Trinajstić information content (AvgIpc) is 2.53. The van der Waals surface area contributed by atoms with E-state index < -0.39 is 0 Å². The first-order valence-corrected chi connectivity index (χ1v) is 4.05. The highest BCUT2D eigenvalue weighted by Crippen LogP contribution is 2.10. The Hall–Kier alpha value is -1.55. The van der Waals surface area contributed by atoms with Gasteiger partial charge in [0.15, 0.2) is 5.82 Å². The van der Waals surface area contributed by atoms with Gasteiger partial charge in [-0.25, -0.2) is 4.98 Å². The molecule has 5 heteroatoms. The van der Waals surface area contributed by atoms with Crippen LogP contribution in [0.25, 0.3) is 0 Å². The van der Waals surface area contributed by atoms with E-state index in [2.05, 4.69) is 20.5 Å². The first-order valence-electron chi connectivity index (χ1n) is 4.05. The van der Waals surface area contributed by atoms with Crippen LogP contribution in [0.15, 0.2) is 30.5 Å². The van der Waals surface area contributed by atoms with Crippen molar-refractivity contribution in [1.82, 2.24) is 15.2 Å². The predicted octanol–water partition coefficient (Wildman–Crippen LogP) is 2.28. The van der Waals surface area contributed by atoms with Crippen LogP contribution in [0.1, 0.15) is 5.69 Å². The number of aromatic nitrogens is 3.